The molecule has 0 spiro atoms. The molecule has 0 radical (unpaired) electrons. The molecule has 152 valence electrons. The standard InChI is InChI=1S/C22H26N4O3/c1-25(2)14-8-13-23-20(27)21(28)24-19-17-11-6-7-12-18(17)26(22(19)29)15-16-9-4-3-5-10-16/h3-7,9-12,19H,8,13-15H2,1-2H3,(H,23,27)(H,24,28)/t19-/m0/s1. The van der Waals surface area contributed by atoms with Gasteiger partial charge in [-0.2, -0.15) is 0 Å². The number of anilines is 1. The molecule has 1 aliphatic heterocycles. The highest BCUT2D eigenvalue weighted by Crippen LogP contribution is 2.36. The van der Waals surface area contributed by atoms with E-state index in [-0.39, 0.29) is 5.91 Å². The van der Waals surface area contributed by atoms with Crippen molar-refractivity contribution in [1.29, 1.82) is 0 Å². The van der Waals surface area contributed by atoms with E-state index in [0.717, 1.165) is 24.2 Å². The fraction of sp³-hybridized carbons (Fsp3) is 0.318. The maximum atomic E-state index is 13.0. The summed E-state index contributed by atoms with van der Waals surface area (Å²) in [6, 6.07) is 16.1. The monoisotopic (exact) mass is 394 g/mol. The van der Waals surface area contributed by atoms with Gasteiger partial charge in [0.25, 0.3) is 5.91 Å². The van der Waals surface area contributed by atoms with Crippen LogP contribution in [0.2, 0.25) is 0 Å². The summed E-state index contributed by atoms with van der Waals surface area (Å²) in [5, 5.41) is 5.20. The lowest BCUT2D eigenvalue weighted by molar-refractivity contribution is -0.140. The minimum atomic E-state index is -0.866. The van der Waals surface area contributed by atoms with E-state index in [1.54, 1.807) is 11.0 Å². The van der Waals surface area contributed by atoms with Crippen LogP contribution in [0, 0.1) is 0 Å². The summed E-state index contributed by atoms with van der Waals surface area (Å²) in [6.07, 6.45) is 0.738. The first-order valence-electron chi connectivity index (χ1n) is 9.65. The fourth-order valence-corrected chi connectivity index (χ4v) is 3.33. The molecule has 0 fully saturated rings. The summed E-state index contributed by atoms with van der Waals surface area (Å²) >= 11 is 0. The molecule has 3 rings (SSSR count). The summed E-state index contributed by atoms with van der Waals surface area (Å²) in [7, 11) is 3.89. The highest BCUT2D eigenvalue weighted by atomic mass is 16.2. The number of carbonyl (C=O) groups is 3. The summed E-state index contributed by atoms with van der Waals surface area (Å²) in [5.74, 6) is -1.77. The molecule has 1 aliphatic rings. The molecule has 0 aliphatic carbocycles. The van der Waals surface area contributed by atoms with Crippen LogP contribution < -0.4 is 15.5 Å². The highest BCUT2D eigenvalue weighted by Gasteiger charge is 2.38. The van der Waals surface area contributed by atoms with E-state index >= 15 is 0 Å². The summed E-state index contributed by atoms with van der Waals surface area (Å²) < 4.78 is 0. The normalized spacial score (nSPS) is 15.3. The Morgan fingerprint density at radius 2 is 1.69 bits per heavy atom. The van der Waals surface area contributed by atoms with Crippen molar-refractivity contribution in [3.05, 3.63) is 65.7 Å². The van der Waals surface area contributed by atoms with Gasteiger partial charge in [-0.15, -0.1) is 0 Å². The molecule has 1 atom stereocenters. The predicted octanol–water partition coefficient (Wildman–Crippen LogP) is 1.46. The zero-order chi connectivity index (χ0) is 20.8. The van der Waals surface area contributed by atoms with Gasteiger partial charge in [0.2, 0.25) is 0 Å². The van der Waals surface area contributed by atoms with E-state index in [9.17, 15) is 14.4 Å². The molecule has 0 saturated heterocycles. The second-order valence-corrected chi connectivity index (χ2v) is 7.29. The molecule has 0 bridgehead atoms. The Bertz CT molecular complexity index is 883. The number of benzene rings is 2. The smallest absolute Gasteiger partial charge is 0.310 e. The molecule has 0 unspecified atom stereocenters. The molecular formula is C22H26N4O3. The van der Waals surface area contributed by atoms with E-state index in [1.165, 1.54) is 0 Å². The Morgan fingerprint density at radius 1 is 1.00 bits per heavy atom. The first kappa shape index (κ1) is 20.5. The van der Waals surface area contributed by atoms with Gasteiger partial charge in [0.1, 0.15) is 6.04 Å². The molecule has 2 aromatic carbocycles. The van der Waals surface area contributed by atoms with Gasteiger partial charge < -0.3 is 20.4 Å². The van der Waals surface area contributed by atoms with Crippen molar-refractivity contribution >= 4 is 23.4 Å². The van der Waals surface area contributed by atoms with Crippen molar-refractivity contribution in [2.24, 2.45) is 0 Å². The molecule has 7 nitrogen and oxygen atoms in total. The van der Waals surface area contributed by atoms with Crippen molar-refractivity contribution in [2.75, 3.05) is 32.1 Å². The van der Waals surface area contributed by atoms with Crippen LogP contribution in [0.3, 0.4) is 0 Å². The molecule has 3 amide bonds. The van der Waals surface area contributed by atoms with Gasteiger partial charge >= 0.3 is 11.8 Å². The number of amides is 3. The van der Waals surface area contributed by atoms with Gasteiger partial charge in [-0.1, -0.05) is 48.5 Å². The van der Waals surface area contributed by atoms with Crippen molar-refractivity contribution in [2.45, 2.75) is 19.0 Å². The van der Waals surface area contributed by atoms with E-state index in [2.05, 4.69) is 10.6 Å². The number of para-hydroxylation sites is 1. The van der Waals surface area contributed by atoms with E-state index in [4.69, 9.17) is 0 Å². The van der Waals surface area contributed by atoms with Gasteiger partial charge in [0, 0.05) is 17.8 Å². The SMILES string of the molecule is CN(C)CCCNC(=O)C(=O)N[C@@H]1C(=O)N(Cc2ccccc2)c2ccccc21. The average molecular weight is 394 g/mol. The second kappa shape index (κ2) is 9.34. The molecule has 2 aromatic rings. The van der Waals surface area contributed by atoms with Crippen LogP contribution in [0.15, 0.2) is 54.6 Å². The Labute approximate surface area is 170 Å². The first-order valence-corrected chi connectivity index (χ1v) is 9.65. The number of rotatable bonds is 7. The Balaban J connectivity index is 1.67. The Kier molecular flexibility index (Phi) is 6.61. The lowest BCUT2D eigenvalue weighted by atomic mass is 10.1. The van der Waals surface area contributed by atoms with Crippen molar-refractivity contribution in [3.8, 4) is 0 Å². The summed E-state index contributed by atoms with van der Waals surface area (Å²) in [6.45, 7) is 1.62. The van der Waals surface area contributed by atoms with Gasteiger partial charge in [0.05, 0.1) is 6.54 Å². The third-order valence-corrected chi connectivity index (χ3v) is 4.78. The van der Waals surface area contributed by atoms with E-state index < -0.39 is 17.9 Å². The van der Waals surface area contributed by atoms with Crippen LogP contribution in [-0.4, -0.2) is 49.8 Å². The number of fused-ring (bicyclic) bond motifs is 1. The van der Waals surface area contributed by atoms with Gasteiger partial charge in [-0.25, -0.2) is 0 Å². The van der Waals surface area contributed by atoms with Crippen LogP contribution >= 0.6 is 0 Å². The second-order valence-electron chi connectivity index (χ2n) is 7.29. The van der Waals surface area contributed by atoms with E-state index in [0.29, 0.717) is 18.7 Å². The Hall–Kier alpha value is -3.19. The number of nitrogens with one attached hydrogen (secondary N) is 2. The molecule has 29 heavy (non-hydrogen) atoms. The van der Waals surface area contributed by atoms with Gasteiger partial charge in [0.15, 0.2) is 0 Å². The third kappa shape index (κ3) is 5.00. The average Bonchev–Trinajstić information content (AvgIpc) is 2.97. The topological polar surface area (TPSA) is 81.8 Å². The maximum Gasteiger partial charge on any atom is 0.310 e. The van der Waals surface area contributed by atoms with Crippen molar-refractivity contribution in [1.82, 2.24) is 15.5 Å². The zero-order valence-corrected chi connectivity index (χ0v) is 16.7. The fourth-order valence-electron chi connectivity index (χ4n) is 3.33. The molecular weight excluding hydrogens is 368 g/mol. The van der Waals surface area contributed by atoms with Crippen LogP contribution in [0.25, 0.3) is 0 Å². The summed E-state index contributed by atoms with van der Waals surface area (Å²) in [5.41, 5.74) is 2.43. The lowest BCUT2D eigenvalue weighted by Crippen LogP contribution is -2.44. The molecule has 7 heteroatoms. The first-order chi connectivity index (χ1) is 14.0. The predicted molar refractivity (Wildman–Crippen MR) is 111 cm³/mol. The largest absolute Gasteiger partial charge is 0.348 e. The van der Waals surface area contributed by atoms with Crippen LogP contribution in [0.5, 0.6) is 0 Å². The quantitative estimate of drug-likeness (QED) is 0.550. The number of hydrogen-bond acceptors (Lipinski definition) is 4. The van der Waals surface area contributed by atoms with Gasteiger partial charge in [-0.05, 0) is 38.7 Å². The minimum Gasteiger partial charge on any atom is -0.348 e. The molecule has 0 aromatic heterocycles. The molecule has 0 saturated carbocycles. The van der Waals surface area contributed by atoms with Crippen LogP contribution in [-0.2, 0) is 20.9 Å². The van der Waals surface area contributed by atoms with Crippen molar-refractivity contribution < 1.29 is 14.4 Å². The van der Waals surface area contributed by atoms with Gasteiger partial charge in [-0.3, -0.25) is 14.4 Å². The minimum absolute atomic E-state index is 0.246. The lowest BCUT2D eigenvalue weighted by Gasteiger charge is -2.18. The maximum absolute atomic E-state index is 13.0. The number of nitrogens with zero attached hydrogens (tertiary/aromatic N) is 2. The van der Waals surface area contributed by atoms with Crippen LogP contribution in [0.1, 0.15) is 23.6 Å². The highest BCUT2D eigenvalue weighted by molar-refractivity contribution is 6.35. The third-order valence-electron chi connectivity index (χ3n) is 4.78. The van der Waals surface area contributed by atoms with Crippen LogP contribution in [0.4, 0.5) is 5.69 Å². The zero-order valence-electron chi connectivity index (χ0n) is 16.7. The Morgan fingerprint density at radius 3 is 2.41 bits per heavy atom. The van der Waals surface area contributed by atoms with Crippen molar-refractivity contribution in [3.63, 3.8) is 0 Å². The summed E-state index contributed by atoms with van der Waals surface area (Å²) in [4.78, 5) is 41.1. The molecule has 1 heterocycles. The number of carbonyl (C=O) groups excluding carboxylic acids is 3. The van der Waals surface area contributed by atoms with E-state index in [1.807, 2.05) is 67.5 Å². The molecule has 2 N–H and O–H groups in total. The number of hydrogen-bond donors (Lipinski definition) is 2.